The van der Waals surface area contributed by atoms with Crippen LogP contribution in [-0.4, -0.2) is 31.3 Å². The van der Waals surface area contributed by atoms with Gasteiger partial charge in [-0.3, -0.25) is 14.7 Å². The van der Waals surface area contributed by atoms with Gasteiger partial charge in [-0.15, -0.1) is 10.2 Å². The van der Waals surface area contributed by atoms with Crippen LogP contribution in [0.15, 0.2) is 76.5 Å². The van der Waals surface area contributed by atoms with Gasteiger partial charge in [0.2, 0.25) is 5.78 Å². The second kappa shape index (κ2) is 7.51. The molecule has 0 aliphatic carbocycles. The van der Waals surface area contributed by atoms with E-state index in [-0.39, 0.29) is 17.1 Å². The number of nitrogens with zero attached hydrogens (tertiary/aromatic N) is 4. The Kier molecular flexibility index (Phi) is 4.87. The minimum absolute atomic E-state index is 0.214. The summed E-state index contributed by atoms with van der Waals surface area (Å²) in [6, 6.07) is 19.8. The Morgan fingerprint density at radius 1 is 0.933 bits per heavy atom. The molecule has 7 heteroatoms. The summed E-state index contributed by atoms with van der Waals surface area (Å²) in [5, 5.41) is 11.2. The maximum atomic E-state index is 13.2. The number of benzene rings is 2. The third-order valence-electron chi connectivity index (χ3n) is 4.62. The maximum Gasteiger partial charge on any atom is 0.295 e. The molecule has 0 aliphatic rings. The second-order valence-corrected chi connectivity index (χ2v) is 7.96. The van der Waals surface area contributed by atoms with Crippen LogP contribution in [0.25, 0.3) is 5.65 Å². The number of ketones is 1. The number of aromatic nitrogens is 4. The molecule has 0 fully saturated rings. The Hall–Kier alpha value is -3.87. The zero-order valence-electron chi connectivity index (χ0n) is 17.0. The van der Waals surface area contributed by atoms with Gasteiger partial charge in [0.25, 0.3) is 5.56 Å². The number of aromatic amines is 1. The van der Waals surface area contributed by atoms with Gasteiger partial charge >= 0.3 is 0 Å². The van der Waals surface area contributed by atoms with Crippen LogP contribution in [0.4, 0.5) is 5.82 Å². The van der Waals surface area contributed by atoms with Crippen molar-refractivity contribution in [2.24, 2.45) is 4.99 Å². The zero-order chi connectivity index (χ0) is 21.3. The van der Waals surface area contributed by atoms with Gasteiger partial charge in [-0.2, -0.15) is 4.52 Å². The van der Waals surface area contributed by atoms with Gasteiger partial charge in [-0.05, 0) is 0 Å². The molecule has 0 saturated carbocycles. The molecule has 4 aromatic rings. The first-order valence-electron chi connectivity index (χ1n) is 9.57. The van der Waals surface area contributed by atoms with Crippen LogP contribution in [0.1, 0.15) is 42.4 Å². The van der Waals surface area contributed by atoms with Crippen LogP contribution in [0.3, 0.4) is 0 Å². The van der Waals surface area contributed by atoms with E-state index < -0.39 is 5.41 Å². The molecule has 2 aromatic carbocycles. The van der Waals surface area contributed by atoms with E-state index >= 15 is 0 Å². The molecule has 0 amide bonds. The van der Waals surface area contributed by atoms with E-state index in [1.165, 1.54) is 4.52 Å². The van der Waals surface area contributed by atoms with E-state index in [4.69, 9.17) is 0 Å². The monoisotopic (exact) mass is 399 g/mol. The number of fused-ring (bicyclic) bond motifs is 1. The fourth-order valence-corrected chi connectivity index (χ4v) is 3.09. The van der Waals surface area contributed by atoms with Gasteiger partial charge in [0.1, 0.15) is 17.2 Å². The average molecular weight is 399 g/mol. The summed E-state index contributed by atoms with van der Waals surface area (Å²) in [5.74, 6) is 0.130. The number of rotatable bonds is 4. The summed E-state index contributed by atoms with van der Waals surface area (Å²) in [6.07, 6.45) is 0. The number of hydrogen-bond acceptors (Lipinski definition) is 5. The van der Waals surface area contributed by atoms with Gasteiger partial charge in [-0.1, -0.05) is 81.4 Å². The highest BCUT2D eigenvalue weighted by molar-refractivity contribution is 6.51. The Balaban J connectivity index is 1.86. The van der Waals surface area contributed by atoms with Crippen LogP contribution in [0.2, 0.25) is 0 Å². The average Bonchev–Trinajstić information content (AvgIpc) is 3.16. The first-order chi connectivity index (χ1) is 14.3. The van der Waals surface area contributed by atoms with E-state index in [9.17, 15) is 9.59 Å². The molecule has 0 radical (unpaired) electrons. The fourth-order valence-electron chi connectivity index (χ4n) is 3.09. The molecule has 7 nitrogen and oxygen atoms in total. The first-order valence-corrected chi connectivity index (χ1v) is 9.57. The number of Topliss-reactive ketones (excluding diaryl/α,β-unsaturated/α-hetero) is 1. The maximum absolute atomic E-state index is 13.2. The molecule has 1 N–H and O–H groups in total. The van der Waals surface area contributed by atoms with E-state index in [1.807, 2.05) is 69.3 Å². The molecular weight excluding hydrogens is 378 g/mol. The molecule has 2 heterocycles. The van der Waals surface area contributed by atoms with E-state index in [0.29, 0.717) is 28.3 Å². The molecule has 0 atom stereocenters. The summed E-state index contributed by atoms with van der Waals surface area (Å²) in [7, 11) is 0. The van der Waals surface area contributed by atoms with E-state index in [1.54, 1.807) is 18.2 Å². The van der Waals surface area contributed by atoms with E-state index in [0.717, 1.165) is 0 Å². The third-order valence-corrected chi connectivity index (χ3v) is 4.62. The molecule has 2 aromatic heterocycles. The molecule has 0 unspecified atom stereocenters. The van der Waals surface area contributed by atoms with Crippen LogP contribution < -0.4 is 5.56 Å². The number of hydrogen-bond donors (Lipinski definition) is 1. The normalized spacial score (nSPS) is 12.3. The fraction of sp³-hybridized carbons (Fsp3) is 0.174. The topological polar surface area (TPSA) is 92.5 Å². The first kappa shape index (κ1) is 19.4. The van der Waals surface area contributed by atoms with Crippen LogP contribution in [0, 0.1) is 0 Å². The zero-order valence-corrected chi connectivity index (χ0v) is 17.0. The van der Waals surface area contributed by atoms with Crippen molar-refractivity contribution in [2.75, 3.05) is 0 Å². The third kappa shape index (κ3) is 3.69. The second-order valence-electron chi connectivity index (χ2n) is 7.96. The summed E-state index contributed by atoms with van der Waals surface area (Å²) < 4.78 is 1.31. The Morgan fingerprint density at radius 2 is 1.53 bits per heavy atom. The van der Waals surface area contributed by atoms with E-state index in [2.05, 4.69) is 20.3 Å². The summed E-state index contributed by atoms with van der Waals surface area (Å²) in [5.41, 5.74) is 1.43. The highest BCUT2D eigenvalue weighted by Gasteiger charge is 2.23. The Bertz CT molecular complexity index is 1300. The van der Waals surface area contributed by atoms with Crippen molar-refractivity contribution in [1.29, 1.82) is 0 Å². The molecule has 0 aliphatic heterocycles. The lowest BCUT2D eigenvalue weighted by atomic mass is 9.93. The standard InChI is InChI=1S/C23H21N5O2/c1-23(2,3)21-22(30)28-18(25-26-21)14-17(27-28)24-19(15-10-6-4-7-11-15)20(29)16-12-8-5-9-13-16/h4-14,27H,1-3H3. The Labute approximate surface area is 173 Å². The molecule has 0 spiro atoms. The molecule has 4 rings (SSSR count). The SMILES string of the molecule is CC(C)(C)c1nnc2cc(N=C(C(=O)c3ccccc3)c3ccccc3)[nH]n2c1=O. The smallest absolute Gasteiger partial charge is 0.287 e. The molecule has 0 bridgehead atoms. The molecule has 0 saturated heterocycles. The number of aliphatic imine (C=N–C) groups is 1. The van der Waals surface area contributed by atoms with Gasteiger partial charge < -0.3 is 0 Å². The number of carbonyl (C=O) groups excluding carboxylic acids is 1. The van der Waals surface area contributed by atoms with Crippen molar-refractivity contribution in [1.82, 2.24) is 19.8 Å². The molecular formula is C23H21N5O2. The summed E-state index contributed by atoms with van der Waals surface area (Å²) in [6.45, 7) is 5.70. The predicted octanol–water partition coefficient (Wildman–Crippen LogP) is 3.72. The lowest BCUT2D eigenvalue weighted by molar-refractivity contribution is 0.106. The van der Waals surface area contributed by atoms with Crippen molar-refractivity contribution in [3.63, 3.8) is 0 Å². The molecule has 150 valence electrons. The minimum Gasteiger partial charge on any atom is -0.287 e. The largest absolute Gasteiger partial charge is 0.295 e. The minimum atomic E-state index is -0.446. The van der Waals surface area contributed by atoms with Crippen molar-refractivity contribution in [3.8, 4) is 0 Å². The van der Waals surface area contributed by atoms with Crippen molar-refractivity contribution in [3.05, 3.63) is 93.9 Å². The molecule has 30 heavy (non-hydrogen) atoms. The number of H-pyrrole nitrogens is 1. The van der Waals surface area contributed by atoms with Gasteiger partial charge in [-0.25, -0.2) is 4.99 Å². The van der Waals surface area contributed by atoms with Crippen LogP contribution in [0.5, 0.6) is 0 Å². The lowest BCUT2D eigenvalue weighted by Crippen LogP contribution is -2.30. The predicted molar refractivity (Wildman–Crippen MR) is 116 cm³/mol. The highest BCUT2D eigenvalue weighted by atomic mass is 16.1. The van der Waals surface area contributed by atoms with Crippen molar-refractivity contribution >= 4 is 23.0 Å². The summed E-state index contributed by atoms with van der Waals surface area (Å²) in [4.78, 5) is 30.5. The number of nitrogens with one attached hydrogen (secondary N) is 1. The van der Waals surface area contributed by atoms with Crippen molar-refractivity contribution < 1.29 is 4.79 Å². The Morgan fingerprint density at radius 3 is 2.13 bits per heavy atom. The van der Waals surface area contributed by atoms with Gasteiger partial charge in [0.05, 0.1) is 0 Å². The van der Waals surface area contributed by atoms with Crippen LogP contribution >= 0.6 is 0 Å². The highest BCUT2D eigenvalue weighted by Crippen LogP contribution is 2.19. The lowest BCUT2D eigenvalue weighted by Gasteiger charge is -2.14. The quantitative estimate of drug-likeness (QED) is 0.418. The van der Waals surface area contributed by atoms with Gasteiger partial charge in [0.15, 0.2) is 5.65 Å². The van der Waals surface area contributed by atoms with Gasteiger partial charge in [0, 0.05) is 22.6 Å². The van der Waals surface area contributed by atoms with Crippen molar-refractivity contribution in [2.45, 2.75) is 26.2 Å². The summed E-state index contributed by atoms with van der Waals surface area (Å²) >= 11 is 0. The van der Waals surface area contributed by atoms with Crippen LogP contribution in [-0.2, 0) is 5.41 Å². The number of carbonyl (C=O) groups is 1.